The quantitative estimate of drug-likeness (QED) is 0.747. The maximum absolute atomic E-state index is 11.6. The molecule has 0 N–H and O–H groups in total. The highest BCUT2D eigenvalue weighted by Crippen LogP contribution is 2.42. The molecule has 1 aromatic rings. The van der Waals surface area contributed by atoms with Crippen molar-refractivity contribution in [2.24, 2.45) is 0 Å². The van der Waals surface area contributed by atoms with E-state index in [2.05, 4.69) is 19.9 Å². The third-order valence-corrected chi connectivity index (χ3v) is 3.12. The summed E-state index contributed by atoms with van der Waals surface area (Å²) >= 11 is 0. The van der Waals surface area contributed by atoms with Gasteiger partial charge >= 0.3 is 6.09 Å². The minimum atomic E-state index is -0.285. The Morgan fingerprint density at radius 3 is 2.88 bits per heavy atom. The van der Waals surface area contributed by atoms with Crippen molar-refractivity contribution in [3.8, 4) is 5.75 Å². The monoisotopic (exact) mass is 233 g/mol. The van der Waals surface area contributed by atoms with Crippen LogP contribution in [0.25, 0.3) is 0 Å². The minimum absolute atomic E-state index is 0.192. The van der Waals surface area contributed by atoms with E-state index in [4.69, 9.17) is 9.47 Å². The van der Waals surface area contributed by atoms with Crippen LogP contribution in [0.5, 0.6) is 5.75 Å². The van der Waals surface area contributed by atoms with Crippen LogP contribution in [-0.2, 0) is 11.2 Å². The number of hydrogen-bond donors (Lipinski definition) is 0. The number of ether oxygens (including phenoxy) is 2. The van der Waals surface area contributed by atoms with Gasteiger partial charge < -0.3 is 9.47 Å². The molecule has 4 nitrogen and oxygen atoms in total. The van der Waals surface area contributed by atoms with Gasteiger partial charge in [0, 0.05) is 12.0 Å². The average Bonchev–Trinajstić information content (AvgIpc) is 2.78. The van der Waals surface area contributed by atoms with Crippen molar-refractivity contribution >= 4 is 11.8 Å². The third-order valence-electron chi connectivity index (χ3n) is 3.12. The molecule has 2 aliphatic heterocycles. The number of fused-ring (bicyclic) bond motifs is 1. The van der Waals surface area contributed by atoms with Gasteiger partial charge in [-0.15, -0.1) is 0 Å². The number of carbonyl (C=O) groups excluding carboxylic acids is 1. The molecule has 0 atom stereocenters. The fourth-order valence-electron chi connectivity index (χ4n) is 2.42. The van der Waals surface area contributed by atoms with Crippen molar-refractivity contribution in [2.75, 3.05) is 18.1 Å². The fourth-order valence-corrected chi connectivity index (χ4v) is 2.42. The van der Waals surface area contributed by atoms with E-state index < -0.39 is 0 Å². The van der Waals surface area contributed by atoms with Gasteiger partial charge in [0.05, 0.1) is 12.2 Å². The fraction of sp³-hybridized carbons (Fsp3) is 0.462. The van der Waals surface area contributed by atoms with Crippen molar-refractivity contribution in [1.82, 2.24) is 0 Å². The molecule has 90 valence electrons. The zero-order valence-electron chi connectivity index (χ0n) is 10.0. The Morgan fingerprint density at radius 2 is 2.18 bits per heavy atom. The summed E-state index contributed by atoms with van der Waals surface area (Å²) in [4.78, 5) is 13.2. The molecule has 0 spiro atoms. The lowest BCUT2D eigenvalue weighted by atomic mass is 10.0. The normalized spacial score (nSPS) is 21.1. The summed E-state index contributed by atoms with van der Waals surface area (Å²) in [7, 11) is 0. The molecule has 0 saturated carbocycles. The summed E-state index contributed by atoms with van der Waals surface area (Å²) in [5.74, 6) is 0.830. The maximum atomic E-state index is 11.6. The zero-order valence-corrected chi connectivity index (χ0v) is 10.0. The number of nitrogens with zero attached hydrogens (tertiary/aromatic N) is 1. The molecule has 0 aromatic heterocycles. The SMILES string of the molecule is CC1(C)Cc2cccc(N3CCOC3=O)c2O1. The number of cyclic esters (lactones) is 1. The van der Waals surface area contributed by atoms with Crippen LogP contribution in [0, 0.1) is 0 Å². The Bertz CT molecular complexity index is 482. The van der Waals surface area contributed by atoms with Gasteiger partial charge in [0.25, 0.3) is 0 Å². The van der Waals surface area contributed by atoms with Gasteiger partial charge in [0.1, 0.15) is 18.0 Å². The van der Waals surface area contributed by atoms with Crippen LogP contribution in [0.2, 0.25) is 0 Å². The maximum Gasteiger partial charge on any atom is 0.414 e. The molecule has 3 rings (SSSR count). The Hall–Kier alpha value is -1.71. The topological polar surface area (TPSA) is 38.8 Å². The van der Waals surface area contributed by atoms with Gasteiger partial charge in [0.2, 0.25) is 0 Å². The molecule has 4 heteroatoms. The summed E-state index contributed by atoms with van der Waals surface area (Å²) < 4.78 is 10.9. The van der Waals surface area contributed by atoms with E-state index in [9.17, 15) is 4.79 Å². The van der Waals surface area contributed by atoms with Crippen molar-refractivity contribution in [3.63, 3.8) is 0 Å². The number of benzene rings is 1. The lowest BCUT2D eigenvalue weighted by Gasteiger charge is -2.20. The van der Waals surface area contributed by atoms with Gasteiger partial charge in [-0.25, -0.2) is 4.79 Å². The molecule has 1 fully saturated rings. The van der Waals surface area contributed by atoms with Gasteiger partial charge in [-0.3, -0.25) is 4.90 Å². The van der Waals surface area contributed by atoms with E-state index in [0.717, 1.165) is 23.4 Å². The lowest BCUT2D eigenvalue weighted by Crippen LogP contribution is -2.26. The molecule has 2 aliphatic rings. The van der Waals surface area contributed by atoms with Crippen molar-refractivity contribution < 1.29 is 14.3 Å². The predicted octanol–water partition coefficient (Wildman–Crippen LogP) is 2.36. The molecule has 17 heavy (non-hydrogen) atoms. The number of para-hydroxylation sites is 1. The second-order valence-corrected chi connectivity index (χ2v) is 5.07. The minimum Gasteiger partial charge on any atom is -0.485 e. The Balaban J connectivity index is 2.03. The van der Waals surface area contributed by atoms with E-state index in [1.54, 1.807) is 4.90 Å². The highest BCUT2D eigenvalue weighted by Gasteiger charge is 2.35. The van der Waals surface area contributed by atoms with Gasteiger partial charge in [-0.05, 0) is 19.9 Å². The Kier molecular flexibility index (Phi) is 2.08. The summed E-state index contributed by atoms with van der Waals surface area (Å²) in [6, 6.07) is 5.92. The van der Waals surface area contributed by atoms with Crippen LogP contribution in [0.4, 0.5) is 10.5 Å². The predicted molar refractivity (Wildman–Crippen MR) is 63.5 cm³/mol. The molecular formula is C13H15NO3. The molecule has 0 aliphatic carbocycles. The second-order valence-electron chi connectivity index (χ2n) is 5.07. The summed E-state index contributed by atoms with van der Waals surface area (Å²) in [6.07, 6.45) is 0.589. The van der Waals surface area contributed by atoms with E-state index in [0.29, 0.717) is 13.2 Å². The van der Waals surface area contributed by atoms with E-state index in [-0.39, 0.29) is 11.7 Å². The molecular weight excluding hydrogens is 218 g/mol. The summed E-state index contributed by atoms with van der Waals surface area (Å²) in [5, 5.41) is 0. The molecule has 0 unspecified atom stereocenters. The molecule has 0 radical (unpaired) electrons. The first-order valence-corrected chi connectivity index (χ1v) is 5.82. The first-order chi connectivity index (χ1) is 8.07. The van der Waals surface area contributed by atoms with E-state index in [1.165, 1.54) is 0 Å². The number of amides is 1. The van der Waals surface area contributed by atoms with Crippen molar-refractivity contribution in [3.05, 3.63) is 23.8 Å². The standard InChI is InChI=1S/C13H15NO3/c1-13(2)8-9-4-3-5-10(11(9)17-13)14-6-7-16-12(14)15/h3-5H,6-8H2,1-2H3. The van der Waals surface area contributed by atoms with Gasteiger partial charge in [-0.1, -0.05) is 12.1 Å². The average molecular weight is 233 g/mol. The Labute approximate surface area is 100 Å². The number of carbonyl (C=O) groups is 1. The molecule has 0 bridgehead atoms. The second kappa shape index (κ2) is 3.39. The van der Waals surface area contributed by atoms with Crippen LogP contribution in [0.1, 0.15) is 19.4 Å². The van der Waals surface area contributed by atoms with Crippen molar-refractivity contribution in [2.45, 2.75) is 25.9 Å². The van der Waals surface area contributed by atoms with Crippen LogP contribution in [0.15, 0.2) is 18.2 Å². The first kappa shape index (κ1) is 10.4. The lowest BCUT2D eigenvalue weighted by molar-refractivity contribution is 0.138. The van der Waals surface area contributed by atoms with Crippen LogP contribution in [0.3, 0.4) is 0 Å². The van der Waals surface area contributed by atoms with Crippen LogP contribution >= 0.6 is 0 Å². The molecule has 2 heterocycles. The van der Waals surface area contributed by atoms with Crippen molar-refractivity contribution in [1.29, 1.82) is 0 Å². The van der Waals surface area contributed by atoms with Crippen LogP contribution in [-0.4, -0.2) is 24.8 Å². The number of hydrogen-bond acceptors (Lipinski definition) is 3. The molecule has 1 amide bonds. The summed E-state index contributed by atoms with van der Waals surface area (Å²) in [6.45, 7) is 5.16. The van der Waals surface area contributed by atoms with Gasteiger partial charge in [0.15, 0.2) is 0 Å². The smallest absolute Gasteiger partial charge is 0.414 e. The van der Waals surface area contributed by atoms with Gasteiger partial charge in [-0.2, -0.15) is 0 Å². The summed E-state index contributed by atoms with van der Waals surface area (Å²) in [5.41, 5.74) is 1.80. The highest BCUT2D eigenvalue weighted by molar-refractivity contribution is 5.91. The van der Waals surface area contributed by atoms with E-state index >= 15 is 0 Å². The molecule has 1 aromatic carbocycles. The van der Waals surface area contributed by atoms with Crippen LogP contribution < -0.4 is 9.64 Å². The number of rotatable bonds is 1. The first-order valence-electron chi connectivity index (χ1n) is 5.82. The molecule has 1 saturated heterocycles. The largest absolute Gasteiger partial charge is 0.485 e. The Morgan fingerprint density at radius 1 is 1.35 bits per heavy atom. The number of anilines is 1. The highest BCUT2D eigenvalue weighted by atomic mass is 16.6. The third kappa shape index (κ3) is 1.64. The van der Waals surface area contributed by atoms with E-state index in [1.807, 2.05) is 12.1 Å². The zero-order chi connectivity index (χ0) is 12.0.